The Labute approximate surface area is 128 Å². The number of rotatable bonds is 5. The fourth-order valence-corrected chi connectivity index (χ4v) is 3.39. The van der Waals surface area contributed by atoms with Gasteiger partial charge in [-0.1, -0.05) is 31.5 Å². The van der Waals surface area contributed by atoms with Crippen LogP contribution in [0.15, 0.2) is 48.0 Å². The van der Waals surface area contributed by atoms with Gasteiger partial charge in [0.05, 0.1) is 17.1 Å². The Morgan fingerprint density at radius 2 is 2.19 bits per heavy atom. The van der Waals surface area contributed by atoms with Crippen molar-refractivity contribution in [2.24, 2.45) is 0 Å². The Bertz CT molecular complexity index is 730. The lowest BCUT2D eigenvalue weighted by atomic mass is 10.1. The van der Waals surface area contributed by atoms with Gasteiger partial charge in [0.25, 0.3) is 5.91 Å². The van der Waals surface area contributed by atoms with Crippen LogP contribution in [0.2, 0.25) is 0 Å². The van der Waals surface area contributed by atoms with Crippen molar-refractivity contribution in [3.05, 3.63) is 58.4 Å². The SMILES string of the molecule is CCCC(NC(=O)c1cccc2cc[nH]c12)c1cccs1. The molecule has 0 spiro atoms. The van der Waals surface area contributed by atoms with E-state index in [4.69, 9.17) is 0 Å². The number of fused-ring (bicyclic) bond motifs is 1. The summed E-state index contributed by atoms with van der Waals surface area (Å²) < 4.78 is 0. The molecule has 2 N–H and O–H groups in total. The van der Waals surface area contributed by atoms with Crippen molar-refractivity contribution in [1.82, 2.24) is 10.3 Å². The van der Waals surface area contributed by atoms with Gasteiger partial charge in [-0.3, -0.25) is 4.79 Å². The Morgan fingerprint density at radius 3 is 2.95 bits per heavy atom. The summed E-state index contributed by atoms with van der Waals surface area (Å²) in [6.45, 7) is 2.14. The third-order valence-electron chi connectivity index (χ3n) is 3.60. The Morgan fingerprint density at radius 1 is 1.29 bits per heavy atom. The molecular formula is C17H18N2OS. The molecule has 2 heterocycles. The van der Waals surface area contributed by atoms with Crippen molar-refractivity contribution >= 4 is 28.1 Å². The molecule has 0 saturated carbocycles. The van der Waals surface area contributed by atoms with Crippen LogP contribution in [0.1, 0.15) is 41.0 Å². The van der Waals surface area contributed by atoms with Crippen LogP contribution >= 0.6 is 11.3 Å². The first-order valence-electron chi connectivity index (χ1n) is 7.20. The predicted octanol–water partition coefficient (Wildman–Crippen LogP) is 4.50. The predicted molar refractivity (Wildman–Crippen MR) is 87.7 cm³/mol. The highest BCUT2D eigenvalue weighted by atomic mass is 32.1. The molecule has 0 radical (unpaired) electrons. The maximum atomic E-state index is 12.6. The molecule has 2 aromatic heterocycles. The standard InChI is InChI=1S/C17H18N2OS/c1-2-5-14(15-8-4-11-21-15)19-17(20)13-7-3-6-12-9-10-18-16(12)13/h3-4,6-11,14,18H,2,5H2,1H3,(H,19,20). The Hall–Kier alpha value is -2.07. The molecule has 108 valence electrons. The highest BCUT2D eigenvalue weighted by molar-refractivity contribution is 7.10. The van der Waals surface area contributed by atoms with Gasteiger partial charge < -0.3 is 10.3 Å². The second kappa shape index (κ2) is 6.14. The number of para-hydroxylation sites is 1. The molecule has 0 saturated heterocycles. The third kappa shape index (κ3) is 2.85. The maximum Gasteiger partial charge on any atom is 0.253 e. The van der Waals surface area contributed by atoms with E-state index in [9.17, 15) is 4.79 Å². The molecular weight excluding hydrogens is 280 g/mol. The summed E-state index contributed by atoms with van der Waals surface area (Å²) in [5.74, 6) is -0.0186. The van der Waals surface area contributed by atoms with E-state index in [2.05, 4.69) is 28.7 Å². The van der Waals surface area contributed by atoms with Crippen LogP contribution < -0.4 is 5.32 Å². The van der Waals surface area contributed by atoms with E-state index in [0.717, 1.165) is 23.7 Å². The van der Waals surface area contributed by atoms with Crippen molar-refractivity contribution in [2.45, 2.75) is 25.8 Å². The van der Waals surface area contributed by atoms with E-state index in [1.807, 2.05) is 36.5 Å². The summed E-state index contributed by atoms with van der Waals surface area (Å²) in [6.07, 6.45) is 3.85. The van der Waals surface area contributed by atoms with Crippen LogP contribution in [0, 0.1) is 0 Å². The second-order valence-corrected chi connectivity index (χ2v) is 6.06. The molecule has 0 bridgehead atoms. The molecule has 1 atom stereocenters. The van der Waals surface area contributed by atoms with Gasteiger partial charge in [0.15, 0.2) is 0 Å². The minimum atomic E-state index is -0.0186. The third-order valence-corrected chi connectivity index (χ3v) is 4.59. The van der Waals surface area contributed by atoms with E-state index >= 15 is 0 Å². The van der Waals surface area contributed by atoms with Gasteiger partial charge in [0, 0.05) is 16.5 Å². The molecule has 0 aliphatic rings. The van der Waals surface area contributed by atoms with Crippen LogP contribution in [-0.2, 0) is 0 Å². The minimum absolute atomic E-state index is 0.0186. The highest BCUT2D eigenvalue weighted by Gasteiger charge is 2.17. The first-order chi connectivity index (χ1) is 10.3. The Kier molecular flexibility index (Phi) is 4.06. The van der Waals surface area contributed by atoms with E-state index in [0.29, 0.717) is 5.56 Å². The van der Waals surface area contributed by atoms with Crippen molar-refractivity contribution in [2.75, 3.05) is 0 Å². The average molecular weight is 298 g/mol. The van der Waals surface area contributed by atoms with Gasteiger partial charge >= 0.3 is 0 Å². The smallest absolute Gasteiger partial charge is 0.253 e. The first kappa shape index (κ1) is 13.9. The first-order valence-corrected chi connectivity index (χ1v) is 8.08. The number of aromatic nitrogens is 1. The molecule has 0 aliphatic carbocycles. The summed E-state index contributed by atoms with van der Waals surface area (Å²) >= 11 is 1.69. The zero-order chi connectivity index (χ0) is 14.7. The largest absolute Gasteiger partial charge is 0.361 e. The topological polar surface area (TPSA) is 44.9 Å². The molecule has 1 aromatic carbocycles. The zero-order valence-electron chi connectivity index (χ0n) is 11.9. The molecule has 0 fully saturated rings. The van der Waals surface area contributed by atoms with Gasteiger partial charge in [-0.05, 0) is 30.0 Å². The fourth-order valence-electron chi connectivity index (χ4n) is 2.57. The normalized spacial score (nSPS) is 12.4. The molecule has 21 heavy (non-hydrogen) atoms. The molecule has 1 amide bonds. The lowest BCUT2D eigenvalue weighted by Gasteiger charge is -2.17. The van der Waals surface area contributed by atoms with Gasteiger partial charge in [-0.15, -0.1) is 11.3 Å². The monoisotopic (exact) mass is 298 g/mol. The maximum absolute atomic E-state index is 12.6. The van der Waals surface area contributed by atoms with Crippen molar-refractivity contribution < 1.29 is 4.79 Å². The Balaban J connectivity index is 1.86. The second-order valence-electron chi connectivity index (χ2n) is 5.08. The minimum Gasteiger partial charge on any atom is -0.361 e. The summed E-state index contributed by atoms with van der Waals surface area (Å²) in [6, 6.07) is 12.0. The number of benzene rings is 1. The highest BCUT2D eigenvalue weighted by Crippen LogP contribution is 2.24. The number of aromatic amines is 1. The molecule has 0 aliphatic heterocycles. The average Bonchev–Trinajstić information content (AvgIpc) is 3.17. The number of nitrogens with one attached hydrogen (secondary N) is 2. The van der Waals surface area contributed by atoms with Crippen molar-refractivity contribution in [1.29, 1.82) is 0 Å². The van der Waals surface area contributed by atoms with Crippen LogP contribution in [-0.4, -0.2) is 10.9 Å². The van der Waals surface area contributed by atoms with Gasteiger partial charge in [0.1, 0.15) is 0 Å². The van der Waals surface area contributed by atoms with E-state index in [1.54, 1.807) is 11.3 Å². The number of thiophene rings is 1. The molecule has 3 aromatic rings. The molecule has 4 heteroatoms. The summed E-state index contributed by atoms with van der Waals surface area (Å²) in [5.41, 5.74) is 1.60. The van der Waals surface area contributed by atoms with E-state index in [1.165, 1.54) is 4.88 Å². The van der Waals surface area contributed by atoms with Crippen molar-refractivity contribution in [3.8, 4) is 0 Å². The summed E-state index contributed by atoms with van der Waals surface area (Å²) in [7, 11) is 0. The van der Waals surface area contributed by atoms with Crippen LogP contribution in [0.4, 0.5) is 0 Å². The zero-order valence-corrected chi connectivity index (χ0v) is 12.7. The van der Waals surface area contributed by atoms with E-state index < -0.39 is 0 Å². The fraction of sp³-hybridized carbons (Fsp3) is 0.235. The lowest BCUT2D eigenvalue weighted by Crippen LogP contribution is -2.28. The van der Waals surface area contributed by atoms with Crippen LogP contribution in [0.25, 0.3) is 10.9 Å². The number of hydrogen-bond donors (Lipinski definition) is 2. The number of amides is 1. The molecule has 1 unspecified atom stereocenters. The molecule has 3 nitrogen and oxygen atoms in total. The van der Waals surface area contributed by atoms with Gasteiger partial charge in [-0.2, -0.15) is 0 Å². The number of carbonyl (C=O) groups excluding carboxylic acids is 1. The number of H-pyrrole nitrogens is 1. The van der Waals surface area contributed by atoms with Gasteiger partial charge in [0.2, 0.25) is 0 Å². The lowest BCUT2D eigenvalue weighted by molar-refractivity contribution is 0.0936. The van der Waals surface area contributed by atoms with Crippen LogP contribution in [0.5, 0.6) is 0 Å². The van der Waals surface area contributed by atoms with Crippen LogP contribution in [0.3, 0.4) is 0 Å². The number of carbonyl (C=O) groups is 1. The van der Waals surface area contributed by atoms with Crippen molar-refractivity contribution in [3.63, 3.8) is 0 Å². The number of hydrogen-bond acceptors (Lipinski definition) is 2. The quantitative estimate of drug-likeness (QED) is 0.715. The summed E-state index contributed by atoms with van der Waals surface area (Å²) in [5, 5.41) is 6.28. The van der Waals surface area contributed by atoms with Gasteiger partial charge in [-0.25, -0.2) is 0 Å². The summed E-state index contributed by atoms with van der Waals surface area (Å²) in [4.78, 5) is 17.0. The van der Waals surface area contributed by atoms with E-state index in [-0.39, 0.29) is 11.9 Å². The molecule has 3 rings (SSSR count).